The van der Waals surface area contributed by atoms with Crippen LogP contribution in [0, 0.1) is 6.92 Å². The fourth-order valence-electron chi connectivity index (χ4n) is 2.75. The highest BCUT2D eigenvalue weighted by Crippen LogP contribution is 2.27. The van der Waals surface area contributed by atoms with Gasteiger partial charge in [-0.15, -0.1) is 21.5 Å². The first kappa shape index (κ1) is 18.1. The van der Waals surface area contributed by atoms with E-state index in [9.17, 15) is 4.79 Å². The van der Waals surface area contributed by atoms with E-state index in [0.29, 0.717) is 16.3 Å². The van der Waals surface area contributed by atoms with Crippen molar-refractivity contribution in [3.05, 3.63) is 59.4 Å². The number of amides is 1. The van der Waals surface area contributed by atoms with Gasteiger partial charge in [0.2, 0.25) is 0 Å². The minimum atomic E-state index is -0.225. The summed E-state index contributed by atoms with van der Waals surface area (Å²) in [6.45, 7) is 5.82. The molecule has 3 aromatic heterocycles. The zero-order chi connectivity index (χ0) is 19.7. The topological polar surface area (TPSA) is 81.4 Å². The summed E-state index contributed by atoms with van der Waals surface area (Å²) in [6.07, 6.45) is 1.86. The van der Waals surface area contributed by atoms with Crippen LogP contribution in [0.1, 0.15) is 30.0 Å². The Bertz CT molecular complexity index is 1130. The number of carbonyl (C=O) groups excluding carboxylic acids is 1. The molecular formula is C20H19N5O2S. The molecule has 28 heavy (non-hydrogen) atoms. The van der Waals surface area contributed by atoms with Crippen LogP contribution in [0.25, 0.3) is 16.9 Å². The number of nitrogens with one attached hydrogen (secondary N) is 1. The van der Waals surface area contributed by atoms with Gasteiger partial charge in [-0.05, 0) is 57.2 Å². The summed E-state index contributed by atoms with van der Waals surface area (Å²) in [6, 6.07) is 11.2. The van der Waals surface area contributed by atoms with Crippen LogP contribution in [-0.4, -0.2) is 31.6 Å². The number of rotatable bonds is 5. The minimum Gasteiger partial charge on any atom is -0.491 e. The van der Waals surface area contributed by atoms with Gasteiger partial charge >= 0.3 is 0 Å². The number of benzene rings is 1. The van der Waals surface area contributed by atoms with Crippen LogP contribution >= 0.6 is 11.3 Å². The summed E-state index contributed by atoms with van der Waals surface area (Å²) in [5, 5.41) is 13.3. The Hall–Kier alpha value is -3.26. The van der Waals surface area contributed by atoms with Gasteiger partial charge < -0.3 is 4.74 Å². The molecule has 4 rings (SSSR count). The monoisotopic (exact) mass is 393 g/mol. The van der Waals surface area contributed by atoms with Crippen molar-refractivity contribution in [2.45, 2.75) is 26.9 Å². The SMILES string of the molecule is Cc1nnc2ccc(C(=O)Nc3nc(-c4ccc(OC(C)C)cc4)cs3)cn12. The van der Waals surface area contributed by atoms with Crippen LogP contribution in [0.5, 0.6) is 5.75 Å². The number of fused-ring (bicyclic) bond motifs is 1. The van der Waals surface area contributed by atoms with E-state index in [1.54, 1.807) is 22.7 Å². The molecule has 0 fully saturated rings. The lowest BCUT2D eigenvalue weighted by Gasteiger charge is -2.09. The van der Waals surface area contributed by atoms with E-state index in [4.69, 9.17) is 4.74 Å². The van der Waals surface area contributed by atoms with Crippen LogP contribution < -0.4 is 10.1 Å². The quantitative estimate of drug-likeness (QED) is 0.549. The number of pyridine rings is 1. The zero-order valence-corrected chi connectivity index (χ0v) is 16.5. The van der Waals surface area contributed by atoms with E-state index in [1.165, 1.54) is 11.3 Å². The van der Waals surface area contributed by atoms with Crippen molar-refractivity contribution in [3.8, 4) is 17.0 Å². The lowest BCUT2D eigenvalue weighted by Crippen LogP contribution is -2.12. The van der Waals surface area contributed by atoms with Gasteiger partial charge in [0.05, 0.1) is 17.4 Å². The average Bonchev–Trinajstić information content (AvgIpc) is 3.29. The molecule has 0 aliphatic rings. The van der Waals surface area contributed by atoms with E-state index in [-0.39, 0.29) is 12.0 Å². The molecule has 0 aliphatic heterocycles. The number of aromatic nitrogens is 4. The highest BCUT2D eigenvalue weighted by Gasteiger charge is 2.12. The number of hydrogen-bond acceptors (Lipinski definition) is 6. The van der Waals surface area contributed by atoms with Gasteiger partial charge in [-0.2, -0.15) is 0 Å². The van der Waals surface area contributed by atoms with Crippen molar-refractivity contribution in [1.82, 2.24) is 19.6 Å². The van der Waals surface area contributed by atoms with Gasteiger partial charge in [-0.25, -0.2) is 4.98 Å². The van der Waals surface area contributed by atoms with Crippen LogP contribution in [0.2, 0.25) is 0 Å². The summed E-state index contributed by atoms with van der Waals surface area (Å²) in [4.78, 5) is 17.1. The average molecular weight is 393 g/mol. The van der Waals surface area contributed by atoms with E-state index in [2.05, 4.69) is 20.5 Å². The lowest BCUT2D eigenvalue weighted by atomic mass is 10.2. The largest absolute Gasteiger partial charge is 0.491 e. The maximum absolute atomic E-state index is 12.6. The van der Waals surface area contributed by atoms with Gasteiger partial charge in [0, 0.05) is 17.1 Å². The van der Waals surface area contributed by atoms with E-state index in [0.717, 1.165) is 22.8 Å². The third kappa shape index (κ3) is 3.72. The number of anilines is 1. The second-order valence-electron chi connectivity index (χ2n) is 6.58. The Morgan fingerprint density at radius 1 is 1.14 bits per heavy atom. The predicted molar refractivity (Wildman–Crippen MR) is 109 cm³/mol. The number of nitrogens with zero attached hydrogens (tertiary/aromatic N) is 4. The van der Waals surface area contributed by atoms with Gasteiger partial charge in [0.25, 0.3) is 5.91 Å². The minimum absolute atomic E-state index is 0.132. The molecule has 142 valence electrons. The van der Waals surface area contributed by atoms with Crippen molar-refractivity contribution >= 4 is 28.0 Å². The molecule has 0 spiro atoms. The summed E-state index contributed by atoms with van der Waals surface area (Å²) in [5.41, 5.74) is 2.99. The first-order valence-electron chi connectivity index (χ1n) is 8.85. The fraction of sp³-hybridized carbons (Fsp3) is 0.200. The predicted octanol–water partition coefficient (Wildman–Crippen LogP) is 4.20. The molecule has 7 nitrogen and oxygen atoms in total. The molecule has 0 atom stereocenters. The number of thiazole rings is 1. The summed E-state index contributed by atoms with van der Waals surface area (Å²) >= 11 is 1.38. The van der Waals surface area contributed by atoms with Crippen molar-refractivity contribution in [2.24, 2.45) is 0 Å². The number of carbonyl (C=O) groups is 1. The van der Waals surface area contributed by atoms with E-state index >= 15 is 0 Å². The Kier molecular flexibility index (Phi) is 4.79. The Morgan fingerprint density at radius 2 is 1.93 bits per heavy atom. The Labute approximate surface area is 166 Å². The molecule has 4 aromatic rings. The van der Waals surface area contributed by atoms with Crippen molar-refractivity contribution < 1.29 is 9.53 Å². The third-order valence-electron chi connectivity index (χ3n) is 4.08. The molecule has 0 unspecified atom stereocenters. The smallest absolute Gasteiger partial charge is 0.258 e. The molecule has 0 bridgehead atoms. The van der Waals surface area contributed by atoms with Gasteiger partial charge in [-0.1, -0.05) is 0 Å². The molecule has 0 saturated heterocycles. The normalized spacial score (nSPS) is 11.1. The highest BCUT2D eigenvalue weighted by atomic mass is 32.1. The van der Waals surface area contributed by atoms with Crippen LogP contribution in [0.3, 0.4) is 0 Å². The summed E-state index contributed by atoms with van der Waals surface area (Å²) in [5.74, 6) is 1.32. The molecular weight excluding hydrogens is 374 g/mol. The summed E-state index contributed by atoms with van der Waals surface area (Å²) in [7, 11) is 0. The molecule has 3 heterocycles. The highest BCUT2D eigenvalue weighted by molar-refractivity contribution is 7.14. The first-order valence-corrected chi connectivity index (χ1v) is 9.73. The van der Waals surface area contributed by atoms with Crippen LogP contribution in [0.4, 0.5) is 5.13 Å². The van der Waals surface area contributed by atoms with Gasteiger partial charge in [-0.3, -0.25) is 14.5 Å². The van der Waals surface area contributed by atoms with Crippen molar-refractivity contribution in [2.75, 3.05) is 5.32 Å². The Balaban J connectivity index is 1.49. The van der Waals surface area contributed by atoms with Crippen molar-refractivity contribution in [3.63, 3.8) is 0 Å². The summed E-state index contributed by atoms with van der Waals surface area (Å²) < 4.78 is 7.44. The zero-order valence-electron chi connectivity index (χ0n) is 15.7. The fourth-order valence-corrected chi connectivity index (χ4v) is 3.46. The van der Waals surface area contributed by atoms with Gasteiger partial charge in [0.15, 0.2) is 10.8 Å². The molecule has 8 heteroatoms. The second-order valence-corrected chi connectivity index (χ2v) is 7.43. The van der Waals surface area contributed by atoms with E-state index in [1.807, 2.05) is 50.4 Å². The standard InChI is InChI=1S/C20H19N5O2S/c1-12(2)27-16-7-4-14(5-8-16)17-11-28-20(21-17)22-19(26)15-6-9-18-24-23-13(3)25(18)10-15/h4-12H,1-3H3,(H,21,22,26). The maximum atomic E-state index is 12.6. The molecule has 0 radical (unpaired) electrons. The molecule has 0 aliphatic carbocycles. The second kappa shape index (κ2) is 7.40. The number of aryl methyl sites for hydroxylation is 1. The van der Waals surface area contributed by atoms with Crippen LogP contribution in [0.15, 0.2) is 48.0 Å². The molecule has 1 aromatic carbocycles. The van der Waals surface area contributed by atoms with Crippen LogP contribution in [-0.2, 0) is 0 Å². The third-order valence-corrected chi connectivity index (χ3v) is 4.84. The Morgan fingerprint density at radius 3 is 2.68 bits per heavy atom. The number of hydrogen-bond donors (Lipinski definition) is 1. The number of ether oxygens (including phenoxy) is 1. The first-order chi connectivity index (χ1) is 13.5. The molecule has 1 amide bonds. The lowest BCUT2D eigenvalue weighted by molar-refractivity contribution is 0.102. The van der Waals surface area contributed by atoms with Crippen molar-refractivity contribution in [1.29, 1.82) is 0 Å². The van der Waals surface area contributed by atoms with Gasteiger partial charge in [0.1, 0.15) is 11.6 Å². The molecule has 1 N–H and O–H groups in total. The van der Waals surface area contributed by atoms with E-state index < -0.39 is 0 Å². The molecule has 0 saturated carbocycles. The maximum Gasteiger partial charge on any atom is 0.258 e.